The van der Waals surface area contributed by atoms with E-state index >= 15 is 0 Å². The van der Waals surface area contributed by atoms with Gasteiger partial charge in [-0.3, -0.25) is 0 Å². The van der Waals surface area contributed by atoms with E-state index in [9.17, 15) is 8.78 Å². The minimum Gasteiger partial charge on any atom is -0.236 e. The fourth-order valence-electron chi connectivity index (χ4n) is 1.66. The minimum absolute atomic E-state index is 0.551. The first-order valence-electron chi connectivity index (χ1n) is 4.89. The van der Waals surface area contributed by atoms with Gasteiger partial charge in [-0.1, -0.05) is 0 Å². The highest BCUT2D eigenvalue weighted by atomic mass is 32.1. The zero-order valence-electron chi connectivity index (χ0n) is 8.52. The average molecular weight is 248 g/mol. The van der Waals surface area contributed by atoms with Gasteiger partial charge in [0.05, 0.1) is 5.69 Å². The molecule has 0 saturated carbocycles. The fraction of sp³-hybridized carbons (Fsp3) is 0. The van der Waals surface area contributed by atoms with Crippen LogP contribution in [0.2, 0.25) is 0 Å². The third-order valence-electron chi connectivity index (χ3n) is 2.45. The Labute approximate surface area is 99.6 Å². The van der Waals surface area contributed by atoms with Crippen molar-refractivity contribution >= 4 is 21.6 Å². The number of hydrogen-bond acceptors (Lipinski definition) is 3. The molecule has 3 aromatic rings. The molecule has 0 amide bonds. The predicted octanol–water partition coefficient (Wildman–Crippen LogP) is 3.64. The number of nitrogens with zero attached hydrogens (tertiary/aromatic N) is 2. The Morgan fingerprint density at radius 3 is 2.71 bits per heavy atom. The second-order valence-electron chi connectivity index (χ2n) is 3.49. The molecule has 0 aliphatic heterocycles. The van der Waals surface area contributed by atoms with Crippen molar-refractivity contribution in [2.24, 2.45) is 0 Å². The topological polar surface area (TPSA) is 25.8 Å². The molecule has 0 atom stereocenters. The Bertz CT molecular complexity index is 694. The van der Waals surface area contributed by atoms with Crippen LogP contribution in [-0.2, 0) is 0 Å². The number of aromatic nitrogens is 2. The van der Waals surface area contributed by atoms with Crippen molar-refractivity contribution in [1.29, 1.82) is 0 Å². The van der Waals surface area contributed by atoms with Crippen LogP contribution < -0.4 is 0 Å². The maximum atomic E-state index is 13.2. The van der Waals surface area contributed by atoms with Crippen molar-refractivity contribution in [3.63, 3.8) is 0 Å². The lowest BCUT2D eigenvalue weighted by Gasteiger charge is -2.02. The molecule has 0 aliphatic carbocycles. The summed E-state index contributed by atoms with van der Waals surface area (Å²) in [6.07, 6.45) is 1.43. The lowest BCUT2D eigenvalue weighted by atomic mass is 10.1. The Morgan fingerprint density at radius 1 is 1.00 bits per heavy atom. The molecule has 0 radical (unpaired) electrons. The molecule has 2 nitrogen and oxygen atoms in total. The van der Waals surface area contributed by atoms with Gasteiger partial charge < -0.3 is 0 Å². The van der Waals surface area contributed by atoms with E-state index in [2.05, 4.69) is 9.97 Å². The van der Waals surface area contributed by atoms with Crippen molar-refractivity contribution < 1.29 is 8.78 Å². The van der Waals surface area contributed by atoms with Gasteiger partial charge in [0.1, 0.15) is 11.2 Å². The van der Waals surface area contributed by atoms with Crippen LogP contribution in [0.15, 0.2) is 36.0 Å². The smallest absolute Gasteiger partial charge is 0.159 e. The Morgan fingerprint density at radius 2 is 1.88 bits per heavy atom. The lowest BCUT2D eigenvalue weighted by molar-refractivity contribution is 0.509. The Kier molecular flexibility index (Phi) is 2.33. The van der Waals surface area contributed by atoms with Crippen LogP contribution in [0.3, 0.4) is 0 Å². The number of benzene rings is 1. The summed E-state index contributed by atoms with van der Waals surface area (Å²) in [4.78, 5) is 9.07. The van der Waals surface area contributed by atoms with Crippen molar-refractivity contribution in [1.82, 2.24) is 9.97 Å². The first-order chi connectivity index (χ1) is 8.25. The molecule has 5 heteroatoms. The van der Waals surface area contributed by atoms with Crippen LogP contribution in [0.4, 0.5) is 8.78 Å². The molecule has 84 valence electrons. The molecule has 17 heavy (non-hydrogen) atoms. The number of hydrogen-bond donors (Lipinski definition) is 0. The van der Waals surface area contributed by atoms with Gasteiger partial charge in [-0.05, 0) is 29.6 Å². The molecule has 0 aliphatic rings. The van der Waals surface area contributed by atoms with Gasteiger partial charge in [-0.25, -0.2) is 18.7 Å². The van der Waals surface area contributed by atoms with Crippen LogP contribution in [0, 0.1) is 11.6 Å². The molecule has 2 aromatic heterocycles. The van der Waals surface area contributed by atoms with Crippen molar-refractivity contribution in [3.8, 4) is 11.3 Å². The van der Waals surface area contributed by atoms with Gasteiger partial charge in [-0.2, -0.15) is 0 Å². The number of halogens is 2. The van der Waals surface area contributed by atoms with Crippen LogP contribution in [0.1, 0.15) is 0 Å². The second kappa shape index (κ2) is 3.85. The summed E-state index contributed by atoms with van der Waals surface area (Å²) < 4.78 is 26.0. The van der Waals surface area contributed by atoms with Gasteiger partial charge in [-0.15, -0.1) is 11.3 Å². The monoisotopic (exact) mass is 248 g/mol. The van der Waals surface area contributed by atoms with Gasteiger partial charge in [0.15, 0.2) is 11.6 Å². The lowest BCUT2D eigenvalue weighted by Crippen LogP contribution is -1.89. The quantitative estimate of drug-likeness (QED) is 0.657. The third-order valence-corrected chi connectivity index (χ3v) is 3.28. The number of thiophene rings is 1. The molecule has 0 fully saturated rings. The molecule has 1 aromatic carbocycles. The number of fused-ring (bicyclic) bond motifs is 1. The highest BCUT2D eigenvalue weighted by Crippen LogP contribution is 2.28. The van der Waals surface area contributed by atoms with E-state index < -0.39 is 11.6 Å². The second-order valence-corrected chi connectivity index (χ2v) is 4.39. The van der Waals surface area contributed by atoms with Crippen LogP contribution >= 0.6 is 11.3 Å². The molecule has 2 heterocycles. The zero-order chi connectivity index (χ0) is 11.8. The average Bonchev–Trinajstić information content (AvgIpc) is 2.80. The van der Waals surface area contributed by atoms with E-state index in [4.69, 9.17) is 0 Å². The summed E-state index contributed by atoms with van der Waals surface area (Å²) in [5.41, 5.74) is 1.17. The van der Waals surface area contributed by atoms with Gasteiger partial charge in [0.2, 0.25) is 0 Å². The van der Waals surface area contributed by atoms with E-state index in [0.717, 1.165) is 22.3 Å². The third kappa shape index (κ3) is 1.68. The van der Waals surface area contributed by atoms with Crippen LogP contribution in [0.25, 0.3) is 21.5 Å². The zero-order valence-corrected chi connectivity index (χ0v) is 9.34. The fourth-order valence-corrected chi connectivity index (χ4v) is 2.40. The Hall–Kier alpha value is -1.88. The van der Waals surface area contributed by atoms with E-state index in [1.54, 1.807) is 0 Å². The number of rotatable bonds is 1. The highest BCUT2D eigenvalue weighted by molar-refractivity contribution is 7.16. The van der Waals surface area contributed by atoms with E-state index in [1.807, 2.05) is 11.4 Å². The summed E-state index contributed by atoms with van der Waals surface area (Å²) in [5.74, 6) is -1.73. The summed E-state index contributed by atoms with van der Waals surface area (Å²) in [6, 6.07) is 5.63. The summed E-state index contributed by atoms with van der Waals surface area (Å²) in [5, 5.41) is 2.74. The van der Waals surface area contributed by atoms with Gasteiger partial charge in [0, 0.05) is 10.9 Å². The molecule has 0 unspecified atom stereocenters. The van der Waals surface area contributed by atoms with Crippen molar-refractivity contribution in [2.45, 2.75) is 0 Å². The molecule has 3 rings (SSSR count). The van der Waals surface area contributed by atoms with Crippen LogP contribution in [0.5, 0.6) is 0 Å². The standard InChI is InChI=1S/C12H6F2N2S/c13-9-2-1-7(5-10(9)14)11-8-3-4-17-12(8)16-6-15-11/h1-6H. The van der Waals surface area contributed by atoms with Gasteiger partial charge >= 0.3 is 0 Å². The molecular weight excluding hydrogens is 242 g/mol. The molecule has 0 bridgehead atoms. The SMILES string of the molecule is Fc1ccc(-c2ncnc3sccc23)cc1F. The van der Waals surface area contributed by atoms with E-state index in [0.29, 0.717) is 11.3 Å². The van der Waals surface area contributed by atoms with E-state index in [-0.39, 0.29) is 0 Å². The highest BCUT2D eigenvalue weighted by Gasteiger charge is 2.09. The molecule has 0 saturated heterocycles. The maximum Gasteiger partial charge on any atom is 0.159 e. The minimum atomic E-state index is -0.871. The largest absolute Gasteiger partial charge is 0.236 e. The summed E-state index contributed by atoms with van der Waals surface area (Å²) >= 11 is 1.48. The van der Waals surface area contributed by atoms with Crippen molar-refractivity contribution in [3.05, 3.63) is 47.6 Å². The van der Waals surface area contributed by atoms with Gasteiger partial charge in [0.25, 0.3) is 0 Å². The van der Waals surface area contributed by atoms with E-state index in [1.165, 1.54) is 23.7 Å². The molecule has 0 spiro atoms. The predicted molar refractivity (Wildman–Crippen MR) is 62.8 cm³/mol. The molecular formula is C12H6F2N2S. The van der Waals surface area contributed by atoms with Crippen molar-refractivity contribution in [2.75, 3.05) is 0 Å². The Balaban J connectivity index is 2.26. The first kappa shape index (κ1) is 10.3. The normalized spacial score (nSPS) is 10.9. The van der Waals surface area contributed by atoms with Crippen LogP contribution in [-0.4, -0.2) is 9.97 Å². The molecule has 0 N–H and O–H groups in total. The maximum absolute atomic E-state index is 13.2. The summed E-state index contributed by atoms with van der Waals surface area (Å²) in [6.45, 7) is 0. The first-order valence-corrected chi connectivity index (χ1v) is 5.77. The summed E-state index contributed by atoms with van der Waals surface area (Å²) in [7, 11) is 0.